The van der Waals surface area contributed by atoms with Crippen molar-refractivity contribution in [1.29, 1.82) is 0 Å². The van der Waals surface area contributed by atoms with Crippen molar-refractivity contribution in [2.45, 2.75) is 18.2 Å². The summed E-state index contributed by atoms with van der Waals surface area (Å²) in [6.07, 6.45) is 0.433. The Labute approximate surface area is 168 Å². The van der Waals surface area contributed by atoms with Crippen LogP contribution in [0.25, 0.3) is 11.0 Å². The maximum absolute atomic E-state index is 12.7. The van der Waals surface area contributed by atoms with Gasteiger partial charge in [0.1, 0.15) is 17.1 Å². The molecule has 0 aliphatic rings. The van der Waals surface area contributed by atoms with Crippen LogP contribution in [0.4, 0.5) is 0 Å². The second kappa shape index (κ2) is 8.14. The van der Waals surface area contributed by atoms with E-state index in [2.05, 4.69) is 4.72 Å². The summed E-state index contributed by atoms with van der Waals surface area (Å²) in [5.41, 5.74) is 1.56. The van der Waals surface area contributed by atoms with Crippen molar-refractivity contribution in [3.63, 3.8) is 0 Å². The molecule has 0 atom stereocenters. The first-order valence-electron chi connectivity index (χ1n) is 8.73. The second-order valence-electron chi connectivity index (χ2n) is 6.39. The van der Waals surface area contributed by atoms with Crippen LogP contribution in [0.3, 0.4) is 0 Å². The fourth-order valence-electron chi connectivity index (χ4n) is 2.99. The van der Waals surface area contributed by atoms with Gasteiger partial charge in [0.25, 0.3) is 0 Å². The van der Waals surface area contributed by atoms with Crippen molar-refractivity contribution < 1.29 is 32.2 Å². The Morgan fingerprint density at radius 3 is 2.34 bits per heavy atom. The third-order valence-corrected chi connectivity index (χ3v) is 5.99. The molecule has 2 aromatic carbocycles. The summed E-state index contributed by atoms with van der Waals surface area (Å²) in [6.45, 7) is 1.75. The zero-order valence-corrected chi connectivity index (χ0v) is 17.0. The van der Waals surface area contributed by atoms with E-state index in [9.17, 15) is 13.2 Å². The van der Waals surface area contributed by atoms with Crippen LogP contribution in [0, 0.1) is 6.92 Å². The number of sulfonamides is 1. The van der Waals surface area contributed by atoms with Crippen LogP contribution in [-0.4, -0.2) is 40.3 Å². The Balaban J connectivity index is 1.78. The SMILES string of the molecule is COc1cc(CCNS(=O)(=O)c2ccc3oc(C(=O)O)c(C)c3c2)cc(OC)c1. The molecule has 3 rings (SSSR count). The molecule has 29 heavy (non-hydrogen) atoms. The van der Waals surface area contributed by atoms with Gasteiger partial charge in [-0.3, -0.25) is 0 Å². The maximum Gasteiger partial charge on any atom is 0.372 e. The molecule has 0 aliphatic carbocycles. The standard InChI is InChI=1S/C20H21NO7S/c1-12-17-11-16(4-5-18(17)28-19(12)20(22)23)29(24,25)21-7-6-13-8-14(26-2)10-15(9-13)27-3/h4-5,8-11,21H,6-7H2,1-3H3,(H,22,23). The molecular formula is C20H21NO7S. The molecule has 2 N–H and O–H groups in total. The van der Waals surface area contributed by atoms with Crippen LogP contribution in [-0.2, 0) is 16.4 Å². The number of hydrogen-bond acceptors (Lipinski definition) is 6. The predicted octanol–water partition coefficient (Wildman–Crippen LogP) is 2.98. The number of aryl methyl sites for hydroxylation is 1. The molecular weight excluding hydrogens is 398 g/mol. The molecule has 0 aliphatic heterocycles. The molecule has 0 amide bonds. The number of carbonyl (C=O) groups is 1. The van der Waals surface area contributed by atoms with Gasteiger partial charge in [0.2, 0.25) is 15.8 Å². The molecule has 1 aromatic heterocycles. The van der Waals surface area contributed by atoms with Gasteiger partial charge in [0.15, 0.2) is 0 Å². The summed E-state index contributed by atoms with van der Waals surface area (Å²) >= 11 is 0. The normalized spacial score (nSPS) is 11.6. The largest absolute Gasteiger partial charge is 0.497 e. The highest BCUT2D eigenvalue weighted by atomic mass is 32.2. The quantitative estimate of drug-likeness (QED) is 0.577. The number of benzene rings is 2. The highest BCUT2D eigenvalue weighted by molar-refractivity contribution is 7.89. The minimum Gasteiger partial charge on any atom is -0.497 e. The lowest BCUT2D eigenvalue weighted by Crippen LogP contribution is -2.26. The smallest absolute Gasteiger partial charge is 0.372 e. The fourth-order valence-corrected chi connectivity index (χ4v) is 4.05. The van der Waals surface area contributed by atoms with Gasteiger partial charge in [-0.15, -0.1) is 0 Å². The Hall–Kier alpha value is -3.04. The van der Waals surface area contributed by atoms with E-state index < -0.39 is 16.0 Å². The molecule has 1 heterocycles. The van der Waals surface area contributed by atoms with Gasteiger partial charge in [-0.2, -0.15) is 0 Å². The van der Waals surface area contributed by atoms with Gasteiger partial charge in [-0.25, -0.2) is 17.9 Å². The van der Waals surface area contributed by atoms with Crippen LogP contribution in [0.5, 0.6) is 11.5 Å². The molecule has 154 valence electrons. The minimum atomic E-state index is -3.78. The van der Waals surface area contributed by atoms with E-state index in [1.807, 2.05) is 12.1 Å². The van der Waals surface area contributed by atoms with Crippen LogP contribution in [0.2, 0.25) is 0 Å². The van der Waals surface area contributed by atoms with Gasteiger partial charge in [-0.1, -0.05) is 0 Å². The summed E-state index contributed by atoms with van der Waals surface area (Å²) in [4.78, 5) is 11.2. The molecule has 0 fully saturated rings. The van der Waals surface area contributed by atoms with Crippen molar-refractivity contribution in [3.05, 3.63) is 53.3 Å². The van der Waals surface area contributed by atoms with E-state index in [4.69, 9.17) is 19.0 Å². The molecule has 9 heteroatoms. The summed E-state index contributed by atoms with van der Waals surface area (Å²) in [7, 11) is -0.689. The highest BCUT2D eigenvalue weighted by Gasteiger charge is 2.20. The first-order valence-corrected chi connectivity index (χ1v) is 10.2. The second-order valence-corrected chi connectivity index (χ2v) is 8.15. The number of rotatable bonds is 8. The Morgan fingerprint density at radius 2 is 1.76 bits per heavy atom. The summed E-state index contributed by atoms with van der Waals surface area (Å²) in [5, 5.41) is 9.60. The molecule has 0 unspecified atom stereocenters. The number of hydrogen-bond donors (Lipinski definition) is 2. The zero-order chi connectivity index (χ0) is 21.2. The van der Waals surface area contributed by atoms with Crippen molar-refractivity contribution >= 4 is 27.0 Å². The van der Waals surface area contributed by atoms with Gasteiger partial charge in [-0.05, 0) is 49.2 Å². The summed E-state index contributed by atoms with van der Waals surface area (Å²) in [6, 6.07) is 9.61. The fraction of sp³-hybridized carbons (Fsp3) is 0.250. The molecule has 0 radical (unpaired) electrons. The number of methoxy groups -OCH3 is 2. The Morgan fingerprint density at radius 1 is 1.10 bits per heavy atom. The average Bonchev–Trinajstić information content (AvgIpc) is 3.04. The van der Waals surface area contributed by atoms with Gasteiger partial charge in [0.05, 0.1) is 19.1 Å². The van der Waals surface area contributed by atoms with E-state index in [-0.39, 0.29) is 17.2 Å². The monoisotopic (exact) mass is 419 g/mol. The first kappa shape index (κ1) is 20.7. The maximum atomic E-state index is 12.7. The van der Waals surface area contributed by atoms with Crippen molar-refractivity contribution in [2.24, 2.45) is 0 Å². The van der Waals surface area contributed by atoms with Crippen LogP contribution in [0.15, 0.2) is 45.7 Å². The highest BCUT2D eigenvalue weighted by Crippen LogP contribution is 2.28. The average molecular weight is 419 g/mol. The Kier molecular flexibility index (Phi) is 5.81. The van der Waals surface area contributed by atoms with E-state index >= 15 is 0 Å². The van der Waals surface area contributed by atoms with E-state index in [1.165, 1.54) is 18.2 Å². The molecule has 8 nitrogen and oxygen atoms in total. The third kappa shape index (κ3) is 4.36. The van der Waals surface area contributed by atoms with Gasteiger partial charge >= 0.3 is 5.97 Å². The van der Waals surface area contributed by atoms with E-state index in [0.29, 0.717) is 34.5 Å². The molecule has 0 saturated heterocycles. The van der Waals surface area contributed by atoms with Crippen LogP contribution >= 0.6 is 0 Å². The molecule has 3 aromatic rings. The molecule has 0 bridgehead atoms. The van der Waals surface area contributed by atoms with E-state index in [0.717, 1.165) is 5.56 Å². The number of fused-ring (bicyclic) bond motifs is 1. The first-order chi connectivity index (χ1) is 13.7. The van der Waals surface area contributed by atoms with Gasteiger partial charge in [0, 0.05) is 23.6 Å². The lowest BCUT2D eigenvalue weighted by Gasteiger charge is -2.10. The number of carboxylic acid groups (broad SMARTS) is 1. The summed E-state index contributed by atoms with van der Waals surface area (Å²) in [5.74, 6) is -0.154. The van der Waals surface area contributed by atoms with Crippen LogP contribution in [0.1, 0.15) is 21.7 Å². The third-order valence-electron chi connectivity index (χ3n) is 4.53. The van der Waals surface area contributed by atoms with E-state index in [1.54, 1.807) is 27.2 Å². The lowest BCUT2D eigenvalue weighted by atomic mass is 10.1. The predicted molar refractivity (Wildman–Crippen MR) is 106 cm³/mol. The number of ether oxygens (including phenoxy) is 2. The van der Waals surface area contributed by atoms with Crippen molar-refractivity contribution in [3.8, 4) is 11.5 Å². The van der Waals surface area contributed by atoms with Crippen molar-refractivity contribution in [2.75, 3.05) is 20.8 Å². The minimum absolute atomic E-state index is 0.0362. The zero-order valence-electron chi connectivity index (χ0n) is 16.2. The Bertz CT molecular complexity index is 1140. The topological polar surface area (TPSA) is 115 Å². The number of aromatic carboxylic acids is 1. The summed E-state index contributed by atoms with van der Waals surface area (Å²) < 4.78 is 43.6. The van der Waals surface area contributed by atoms with Crippen LogP contribution < -0.4 is 14.2 Å². The lowest BCUT2D eigenvalue weighted by molar-refractivity contribution is 0.0664. The number of furan rings is 1. The van der Waals surface area contributed by atoms with Gasteiger partial charge < -0.3 is 19.0 Å². The van der Waals surface area contributed by atoms with Crippen molar-refractivity contribution in [1.82, 2.24) is 4.72 Å². The molecule has 0 spiro atoms. The number of carboxylic acids is 1. The number of nitrogens with one attached hydrogen (secondary N) is 1. The molecule has 0 saturated carbocycles.